The third kappa shape index (κ3) is 7.76. The third-order valence-electron chi connectivity index (χ3n) is 5.50. The number of rotatable bonds is 9. The second-order valence-electron chi connectivity index (χ2n) is 7.79. The van der Waals surface area contributed by atoms with Crippen LogP contribution in [0.25, 0.3) is 0 Å². The number of aliphatic imine (C=N–C) groups is 1. The van der Waals surface area contributed by atoms with Crippen LogP contribution in [0, 0.1) is 5.82 Å². The van der Waals surface area contributed by atoms with Crippen molar-refractivity contribution in [1.82, 2.24) is 20.4 Å². The van der Waals surface area contributed by atoms with Crippen LogP contribution in [0.15, 0.2) is 59.6 Å². The predicted molar refractivity (Wildman–Crippen MR) is 122 cm³/mol. The van der Waals surface area contributed by atoms with E-state index < -0.39 is 0 Å². The Balaban J connectivity index is 1.24. The predicted octanol–water partition coefficient (Wildman–Crippen LogP) is 3.09. The summed E-state index contributed by atoms with van der Waals surface area (Å²) in [6, 6.07) is 17.3. The summed E-state index contributed by atoms with van der Waals surface area (Å²) in [5.41, 5.74) is 2.43. The Kier molecular flexibility index (Phi) is 9.12. The summed E-state index contributed by atoms with van der Waals surface area (Å²) in [5, 5.41) is 6.63. The molecule has 0 unspecified atom stereocenters. The van der Waals surface area contributed by atoms with Crippen LogP contribution in [0.4, 0.5) is 4.39 Å². The van der Waals surface area contributed by atoms with Crippen molar-refractivity contribution in [3.63, 3.8) is 0 Å². The summed E-state index contributed by atoms with van der Waals surface area (Å²) in [6.07, 6.45) is 2.29. The average Bonchev–Trinajstić information content (AvgIpc) is 2.78. The SMILES string of the molecule is CN=C(NCCCCN1CCN(Cc2ccccc2)CC1)NCc1ccc(F)cc1. The normalized spacial score (nSPS) is 15.9. The molecule has 6 heteroatoms. The highest BCUT2D eigenvalue weighted by Gasteiger charge is 2.16. The minimum atomic E-state index is -0.209. The number of unbranched alkanes of at least 4 members (excludes halogenated alkanes) is 1. The maximum Gasteiger partial charge on any atom is 0.191 e. The van der Waals surface area contributed by atoms with Crippen molar-refractivity contribution in [3.8, 4) is 0 Å². The number of hydrogen-bond acceptors (Lipinski definition) is 3. The van der Waals surface area contributed by atoms with Crippen LogP contribution >= 0.6 is 0 Å². The molecule has 1 aliphatic heterocycles. The van der Waals surface area contributed by atoms with Gasteiger partial charge in [0.2, 0.25) is 0 Å². The van der Waals surface area contributed by atoms with E-state index in [0.29, 0.717) is 6.54 Å². The van der Waals surface area contributed by atoms with Crippen LogP contribution in [-0.2, 0) is 13.1 Å². The van der Waals surface area contributed by atoms with Gasteiger partial charge in [-0.25, -0.2) is 4.39 Å². The molecule has 0 bridgehead atoms. The lowest BCUT2D eigenvalue weighted by molar-refractivity contribution is 0.126. The molecule has 0 aromatic heterocycles. The number of piperazine rings is 1. The van der Waals surface area contributed by atoms with Gasteiger partial charge in [-0.15, -0.1) is 0 Å². The fraction of sp³-hybridized carbons (Fsp3) is 0.458. The van der Waals surface area contributed by atoms with Crippen LogP contribution in [0.1, 0.15) is 24.0 Å². The van der Waals surface area contributed by atoms with Gasteiger partial charge in [0.1, 0.15) is 5.82 Å². The van der Waals surface area contributed by atoms with Crippen molar-refractivity contribution in [1.29, 1.82) is 0 Å². The van der Waals surface area contributed by atoms with Gasteiger partial charge in [-0.2, -0.15) is 0 Å². The van der Waals surface area contributed by atoms with Gasteiger partial charge in [0, 0.05) is 52.9 Å². The highest BCUT2D eigenvalue weighted by Crippen LogP contribution is 2.09. The first-order valence-electron chi connectivity index (χ1n) is 10.9. The van der Waals surface area contributed by atoms with Gasteiger partial charge < -0.3 is 15.5 Å². The van der Waals surface area contributed by atoms with Crippen molar-refractivity contribution >= 4 is 5.96 Å². The summed E-state index contributed by atoms with van der Waals surface area (Å²) in [6.45, 7) is 8.35. The summed E-state index contributed by atoms with van der Waals surface area (Å²) in [4.78, 5) is 9.37. The Bertz CT molecular complexity index is 755. The molecule has 0 amide bonds. The lowest BCUT2D eigenvalue weighted by Crippen LogP contribution is -2.46. The largest absolute Gasteiger partial charge is 0.356 e. The molecule has 30 heavy (non-hydrogen) atoms. The topological polar surface area (TPSA) is 42.9 Å². The molecule has 1 fully saturated rings. The van der Waals surface area contributed by atoms with Crippen LogP contribution in [0.3, 0.4) is 0 Å². The third-order valence-corrected chi connectivity index (χ3v) is 5.50. The highest BCUT2D eigenvalue weighted by atomic mass is 19.1. The van der Waals surface area contributed by atoms with E-state index in [4.69, 9.17) is 0 Å². The van der Waals surface area contributed by atoms with Crippen molar-refractivity contribution in [3.05, 3.63) is 71.5 Å². The van der Waals surface area contributed by atoms with E-state index in [9.17, 15) is 4.39 Å². The minimum Gasteiger partial charge on any atom is -0.356 e. The second kappa shape index (κ2) is 12.3. The van der Waals surface area contributed by atoms with Gasteiger partial charge in [-0.05, 0) is 42.6 Å². The van der Waals surface area contributed by atoms with E-state index in [1.165, 1.54) is 24.1 Å². The zero-order chi connectivity index (χ0) is 21.0. The molecule has 162 valence electrons. The van der Waals surface area contributed by atoms with E-state index in [0.717, 1.165) is 63.8 Å². The Labute approximate surface area is 180 Å². The highest BCUT2D eigenvalue weighted by molar-refractivity contribution is 5.79. The molecule has 0 radical (unpaired) electrons. The molecule has 2 aromatic rings. The van der Waals surface area contributed by atoms with Crippen molar-refractivity contribution in [2.45, 2.75) is 25.9 Å². The van der Waals surface area contributed by atoms with Crippen LogP contribution in [0.5, 0.6) is 0 Å². The standard InChI is InChI=1S/C24H34FN5/c1-26-24(28-19-21-9-11-23(25)12-10-21)27-13-5-6-14-29-15-17-30(18-16-29)20-22-7-3-2-4-8-22/h2-4,7-12H,5-6,13-20H2,1H3,(H2,26,27,28). The van der Waals surface area contributed by atoms with Gasteiger partial charge in [-0.1, -0.05) is 42.5 Å². The van der Waals surface area contributed by atoms with Gasteiger partial charge in [-0.3, -0.25) is 9.89 Å². The summed E-state index contributed by atoms with van der Waals surface area (Å²) < 4.78 is 13.0. The summed E-state index contributed by atoms with van der Waals surface area (Å²) in [5.74, 6) is 0.577. The van der Waals surface area contributed by atoms with Gasteiger partial charge in [0.15, 0.2) is 5.96 Å². The Morgan fingerprint density at radius 2 is 1.57 bits per heavy atom. The molecular weight excluding hydrogens is 377 g/mol. The molecule has 0 atom stereocenters. The Hall–Kier alpha value is -2.44. The zero-order valence-corrected chi connectivity index (χ0v) is 18.0. The van der Waals surface area contributed by atoms with Crippen LogP contribution in [-0.4, -0.2) is 62.1 Å². The van der Waals surface area contributed by atoms with Gasteiger partial charge in [0.25, 0.3) is 0 Å². The summed E-state index contributed by atoms with van der Waals surface area (Å²) >= 11 is 0. The smallest absolute Gasteiger partial charge is 0.191 e. The molecule has 3 rings (SSSR count). The van der Waals surface area contributed by atoms with E-state index >= 15 is 0 Å². The van der Waals surface area contributed by atoms with E-state index in [1.54, 1.807) is 19.2 Å². The Morgan fingerprint density at radius 1 is 0.867 bits per heavy atom. The molecule has 1 saturated heterocycles. The van der Waals surface area contributed by atoms with E-state index in [2.05, 4.69) is 55.8 Å². The number of benzene rings is 2. The first-order chi connectivity index (χ1) is 14.7. The number of nitrogens with one attached hydrogen (secondary N) is 2. The number of halogens is 1. The van der Waals surface area contributed by atoms with Gasteiger partial charge >= 0.3 is 0 Å². The van der Waals surface area contributed by atoms with Crippen LogP contribution < -0.4 is 10.6 Å². The molecular formula is C24H34FN5. The molecule has 0 spiro atoms. The van der Waals surface area contributed by atoms with Crippen LogP contribution in [0.2, 0.25) is 0 Å². The number of hydrogen-bond donors (Lipinski definition) is 2. The molecule has 1 aliphatic rings. The maximum atomic E-state index is 13.0. The van der Waals surface area contributed by atoms with Gasteiger partial charge in [0.05, 0.1) is 0 Å². The molecule has 1 heterocycles. The fourth-order valence-corrected chi connectivity index (χ4v) is 3.69. The zero-order valence-electron chi connectivity index (χ0n) is 18.0. The first-order valence-corrected chi connectivity index (χ1v) is 10.9. The van der Waals surface area contributed by atoms with Crippen molar-refractivity contribution in [2.24, 2.45) is 4.99 Å². The first kappa shape index (κ1) is 22.2. The monoisotopic (exact) mass is 411 g/mol. The second-order valence-corrected chi connectivity index (χ2v) is 7.79. The fourth-order valence-electron chi connectivity index (χ4n) is 3.69. The lowest BCUT2D eigenvalue weighted by Gasteiger charge is -2.34. The molecule has 2 aromatic carbocycles. The van der Waals surface area contributed by atoms with Crippen molar-refractivity contribution in [2.75, 3.05) is 46.3 Å². The lowest BCUT2D eigenvalue weighted by atomic mass is 10.2. The quantitative estimate of drug-likeness (QED) is 0.378. The summed E-state index contributed by atoms with van der Waals surface area (Å²) in [7, 11) is 1.77. The molecule has 2 N–H and O–H groups in total. The minimum absolute atomic E-state index is 0.209. The van der Waals surface area contributed by atoms with E-state index in [-0.39, 0.29) is 5.82 Å². The van der Waals surface area contributed by atoms with E-state index in [1.807, 2.05) is 0 Å². The Morgan fingerprint density at radius 3 is 2.27 bits per heavy atom. The number of nitrogens with zero attached hydrogens (tertiary/aromatic N) is 3. The molecule has 0 aliphatic carbocycles. The average molecular weight is 412 g/mol. The molecule has 0 saturated carbocycles. The maximum absolute atomic E-state index is 13.0. The molecule has 5 nitrogen and oxygen atoms in total. The number of guanidine groups is 1. The van der Waals surface area contributed by atoms with Crippen molar-refractivity contribution < 1.29 is 4.39 Å².